The minimum absolute atomic E-state index is 0.0602. The number of likely N-dealkylation sites (N-methyl/N-ethyl adjacent to an activating group) is 1. The van der Waals surface area contributed by atoms with Gasteiger partial charge in [0.15, 0.2) is 5.76 Å². The number of aliphatic hydroxyl groups is 1. The molecule has 6 heteroatoms. The van der Waals surface area contributed by atoms with Crippen LogP contribution in [0.3, 0.4) is 0 Å². The van der Waals surface area contributed by atoms with Gasteiger partial charge in [0.2, 0.25) is 0 Å². The van der Waals surface area contributed by atoms with E-state index < -0.39 is 17.7 Å². The van der Waals surface area contributed by atoms with Crippen LogP contribution in [0.2, 0.25) is 0 Å². The number of hydrogen-bond acceptors (Lipinski definition) is 4. The molecular formula is C14H16F2N2O2. The van der Waals surface area contributed by atoms with Gasteiger partial charge in [-0.05, 0) is 19.9 Å². The summed E-state index contributed by atoms with van der Waals surface area (Å²) in [6.07, 6.45) is -1.07. The Kier molecular flexibility index (Phi) is 4.04. The third kappa shape index (κ3) is 2.80. The van der Waals surface area contributed by atoms with Crippen LogP contribution in [0, 0.1) is 25.5 Å². The summed E-state index contributed by atoms with van der Waals surface area (Å²) in [4.78, 5) is 1.73. The molecule has 1 heterocycles. The first-order chi connectivity index (χ1) is 9.40. The molecule has 1 aromatic heterocycles. The smallest absolute Gasteiger partial charge is 0.157 e. The van der Waals surface area contributed by atoms with E-state index in [1.807, 2.05) is 0 Å². The van der Waals surface area contributed by atoms with Gasteiger partial charge < -0.3 is 14.5 Å². The maximum Gasteiger partial charge on any atom is 0.157 e. The summed E-state index contributed by atoms with van der Waals surface area (Å²) in [6.45, 7) is 3.69. The zero-order valence-corrected chi connectivity index (χ0v) is 11.5. The van der Waals surface area contributed by atoms with Crippen LogP contribution in [0.4, 0.5) is 14.5 Å². The van der Waals surface area contributed by atoms with E-state index in [0.717, 1.165) is 17.8 Å². The Morgan fingerprint density at radius 1 is 1.35 bits per heavy atom. The minimum Gasteiger partial charge on any atom is -0.386 e. The quantitative estimate of drug-likeness (QED) is 0.936. The molecule has 2 rings (SSSR count). The Labute approximate surface area is 115 Å². The number of halogens is 2. The zero-order valence-electron chi connectivity index (χ0n) is 11.5. The normalized spacial score (nSPS) is 12.5. The number of aliphatic hydroxyl groups excluding tert-OH is 1. The third-order valence-electron chi connectivity index (χ3n) is 3.15. The molecule has 0 aliphatic carbocycles. The standard InChI is InChI=1S/C14H16F2N2O2/c1-8-14(9(2)20-17-8)18(3)7-13(19)11-5-4-10(15)6-12(11)16/h4-6,13,19H,7H2,1-3H3. The first-order valence-electron chi connectivity index (χ1n) is 6.17. The molecule has 1 atom stereocenters. The third-order valence-corrected chi connectivity index (χ3v) is 3.15. The lowest BCUT2D eigenvalue weighted by Gasteiger charge is -2.22. The van der Waals surface area contributed by atoms with Crippen LogP contribution in [-0.4, -0.2) is 23.9 Å². The van der Waals surface area contributed by atoms with Crippen molar-refractivity contribution in [1.29, 1.82) is 0 Å². The van der Waals surface area contributed by atoms with Crippen LogP contribution in [0.15, 0.2) is 22.7 Å². The van der Waals surface area contributed by atoms with Crippen molar-refractivity contribution in [3.8, 4) is 0 Å². The van der Waals surface area contributed by atoms with Gasteiger partial charge in [-0.2, -0.15) is 0 Å². The summed E-state index contributed by atoms with van der Waals surface area (Å²) < 4.78 is 31.5. The van der Waals surface area contributed by atoms with Crippen LogP contribution in [-0.2, 0) is 0 Å². The van der Waals surface area contributed by atoms with Gasteiger partial charge >= 0.3 is 0 Å². The summed E-state index contributed by atoms with van der Waals surface area (Å²) in [6, 6.07) is 3.13. The molecule has 108 valence electrons. The van der Waals surface area contributed by atoms with Gasteiger partial charge in [-0.3, -0.25) is 0 Å². The minimum atomic E-state index is -1.07. The zero-order chi connectivity index (χ0) is 14.9. The summed E-state index contributed by atoms with van der Waals surface area (Å²) in [5.74, 6) is -0.807. The van der Waals surface area contributed by atoms with Gasteiger partial charge in [0.1, 0.15) is 23.0 Å². The van der Waals surface area contributed by atoms with Gasteiger partial charge in [-0.15, -0.1) is 0 Å². The number of aromatic nitrogens is 1. The lowest BCUT2D eigenvalue weighted by Crippen LogP contribution is -2.25. The maximum atomic E-state index is 13.6. The highest BCUT2D eigenvalue weighted by atomic mass is 19.1. The molecule has 0 saturated heterocycles. The van der Waals surface area contributed by atoms with E-state index in [1.165, 1.54) is 6.07 Å². The Balaban J connectivity index is 2.17. The number of benzene rings is 1. The lowest BCUT2D eigenvalue weighted by atomic mass is 10.1. The molecule has 0 spiro atoms. The van der Waals surface area contributed by atoms with Crippen molar-refractivity contribution in [2.24, 2.45) is 0 Å². The molecular weight excluding hydrogens is 266 g/mol. The van der Waals surface area contributed by atoms with E-state index in [-0.39, 0.29) is 12.1 Å². The van der Waals surface area contributed by atoms with E-state index >= 15 is 0 Å². The molecule has 4 nitrogen and oxygen atoms in total. The molecule has 0 radical (unpaired) electrons. The Hall–Kier alpha value is -1.95. The number of aryl methyl sites for hydroxylation is 2. The number of anilines is 1. The molecule has 0 aliphatic heterocycles. The predicted octanol–water partition coefficient (Wildman–Crippen LogP) is 2.74. The summed E-state index contributed by atoms with van der Waals surface area (Å²) in [5.41, 5.74) is 1.51. The van der Waals surface area contributed by atoms with Crippen LogP contribution in [0.25, 0.3) is 0 Å². The molecule has 0 bridgehead atoms. The fourth-order valence-corrected chi connectivity index (χ4v) is 2.24. The van der Waals surface area contributed by atoms with Crippen molar-refractivity contribution >= 4 is 5.69 Å². The maximum absolute atomic E-state index is 13.6. The van der Waals surface area contributed by atoms with E-state index in [4.69, 9.17) is 4.52 Å². The van der Waals surface area contributed by atoms with Crippen molar-refractivity contribution in [1.82, 2.24) is 5.16 Å². The molecule has 1 unspecified atom stereocenters. The van der Waals surface area contributed by atoms with Gasteiger partial charge in [-0.1, -0.05) is 11.2 Å². The first kappa shape index (κ1) is 14.5. The van der Waals surface area contributed by atoms with Gasteiger partial charge in [0.05, 0.1) is 6.10 Å². The monoisotopic (exact) mass is 282 g/mol. The van der Waals surface area contributed by atoms with E-state index in [2.05, 4.69) is 5.16 Å². The van der Waals surface area contributed by atoms with Gasteiger partial charge in [0, 0.05) is 25.2 Å². The molecule has 20 heavy (non-hydrogen) atoms. The van der Waals surface area contributed by atoms with Crippen LogP contribution >= 0.6 is 0 Å². The number of rotatable bonds is 4. The summed E-state index contributed by atoms with van der Waals surface area (Å²) >= 11 is 0. The van der Waals surface area contributed by atoms with Gasteiger partial charge in [0.25, 0.3) is 0 Å². The van der Waals surface area contributed by atoms with Gasteiger partial charge in [-0.25, -0.2) is 8.78 Å². The van der Waals surface area contributed by atoms with Crippen LogP contribution < -0.4 is 4.90 Å². The highest BCUT2D eigenvalue weighted by Crippen LogP contribution is 2.26. The SMILES string of the molecule is Cc1noc(C)c1N(C)CC(O)c1ccc(F)cc1F. The second-order valence-electron chi connectivity index (χ2n) is 4.73. The molecule has 0 saturated carbocycles. The van der Waals surface area contributed by atoms with Crippen molar-refractivity contribution in [3.63, 3.8) is 0 Å². The van der Waals surface area contributed by atoms with E-state index in [1.54, 1.807) is 25.8 Å². The van der Waals surface area contributed by atoms with E-state index in [9.17, 15) is 13.9 Å². The van der Waals surface area contributed by atoms with Crippen LogP contribution in [0.1, 0.15) is 23.1 Å². The van der Waals surface area contributed by atoms with Crippen molar-refractivity contribution in [2.75, 3.05) is 18.5 Å². The Bertz CT molecular complexity index is 594. The second-order valence-corrected chi connectivity index (χ2v) is 4.73. The van der Waals surface area contributed by atoms with Crippen LogP contribution in [0.5, 0.6) is 0 Å². The molecule has 0 amide bonds. The Morgan fingerprint density at radius 2 is 2.05 bits per heavy atom. The summed E-state index contributed by atoms with van der Waals surface area (Å²) in [7, 11) is 1.75. The van der Waals surface area contributed by atoms with Crippen molar-refractivity contribution in [2.45, 2.75) is 20.0 Å². The molecule has 2 aromatic rings. The average Bonchev–Trinajstić information content (AvgIpc) is 2.68. The average molecular weight is 282 g/mol. The topological polar surface area (TPSA) is 49.5 Å². The Morgan fingerprint density at radius 3 is 2.60 bits per heavy atom. The van der Waals surface area contributed by atoms with Crippen molar-refractivity contribution < 1.29 is 18.4 Å². The summed E-state index contributed by atoms with van der Waals surface area (Å²) in [5, 5.41) is 13.9. The van der Waals surface area contributed by atoms with Crippen molar-refractivity contribution in [3.05, 3.63) is 46.9 Å². The second kappa shape index (κ2) is 5.58. The molecule has 1 N–H and O–H groups in total. The highest BCUT2D eigenvalue weighted by Gasteiger charge is 2.19. The highest BCUT2D eigenvalue weighted by molar-refractivity contribution is 5.52. The largest absolute Gasteiger partial charge is 0.386 e. The number of nitrogens with zero attached hydrogens (tertiary/aromatic N) is 2. The number of hydrogen-bond donors (Lipinski definition) is 1. The predicted molar refractivity (Wildman–Crippen MR) is 70.6 cm³/mol. The molecule has 0 fully saturated rings. The molecule has 1 aromatic carbocycles. The lowest BCUT2D eigenvalue weighted by molar-refractivity contribution is 0.180. The fourth-order valence-electron chi connectivity index (χ4n) is 2.24. The molecule has 0 aliphatic rings. The van der Waals surface area contributed by atoms with E-state index in [0.29, 0.717) is 11.5 Å². The fraction of sp³-hybridized carbons (Fsp3) is 0.357. The first-order valence-corrected chi connectivity index (χ1v) is 6.17.